The van der Waals surface area contributed by atoms with Gasteiger partial charge in [0.1, 0.15) is 0 Å². The Labute approximate surface area is 144 Å². The van der Waals surface area contributed by atoms with Crippen LogP contribution in [0.3, 0.4) is 0 Å². The van der Waals surface area contributed by atoms with Crippen LogP contribution in [0.15, 0.2) is 30.5 Å². The van der Waals surface area contributed by atoms with Crippen LogP contribution in [0.4, 0.5) is 5.69 Å². The Balaban J connectivity index is 0.00000176. The summed E-state index contributed by atoms with van der Waals surface area (Å²) in [5.74, 6) is 1.45. The molecular formula is C17H19IrN2O2-. The van der Waals surface area contributed by atoms with Crippen molar-refractivity contribution in [3.05, 3.63) is 36.5 Å². The first kappa shape index (κ1) is 16.8. The van der Waals surface area contributed by atoms with Crippen molar-refractivity contribution in [1.82, 2.24) is 4.98 Å². The van der Waals surface area contributed by atoms with Gasteiger partial charge in [0.05, 0.1) is 14.2 Å². The van der Waals surface area contributed by atoms with Crippen molar-refractivity contribution in [2.75, 3.05) is 32.2 Å². The van der Waals surface area contributed by atoms with Gasteiger partial charge >= 0.3 is 0 Å². The van der Waals surface area contributed by atoms with E-state index in [2.05, 4.69) is 28.1 Å². The minimum atomic E-state index is 0. The summed E-state index contributed by atoms with van der Waals surface area (Å²) in [6.45, 7) is 2.24. The molecule has 1 aliphatic rings. The molecule has 119 valence electrons. The van der Waals surface area contributed by atoms with Crippen molar-refractivity contribution in [1.29, 1.82) is 0 Å². The van der Waals surface area contributed by atoms with E-state index in [1.807, 2.05) is 18.3 Å². The molecule has 0 bridgehead atoms. The molecule has 2 heterocycles. The summed E-state index contributed by atoms with van der Waals surface area (Å²) in [6, 6.07) is 11.0. The van der Waals surface area contributed by atoms with Crippen LogP contribution in [-0.2, 0) is 20.1 Å². The predicted octanol–water partition coefficient (Wildman–Crippen LogP) is 3.16. The van der Waals surface area contributed by atoms with Crippen molar-refractivity contribution >= 4 is 5.69 Å². The maximum Gasteiger partial charge on any atom is 0.0647 e. The third kappa shape index (κ3) is 3.42. The average molecular weight is 476 g/mol. The molecule has 0 spiro atoms. The predicted molar refractivity (Wildman–Crippen MR) is 83.1 cm³/mol. The number of benzene rings is 1. The zero-order valence-electron chi connectivity index (χ0n) is 12.8. The van der Waals surface area contributed by atoms with E-state index < -0.39 is 0 Å². The number of methoxy groups -OCH3 is 2. The molecule has 1 aliphatic heterocycles. The molecule has 0 atom stereocenters. The number of rotatable bonds is 4. The van der Waals surface area contributed by atoms with Crippen LogP contribution in [0.2, 0.25) is 0 Å². The van der Waals surface area contributed by atoms with Crippen LogP contribution in [-0.4, -0.2) is 32.3 Å². The summed E-state index contributed by atoms with van der Waals surface area (Å²) in [7, 11) is 3.28. The zero-order valence-corrected chi connectivity index (χ0v) is 15.2. The largest absolute Gasteiger partial charge is 0.540 e. The minimum Gasteiger partial charge on any atom is -0.540 e. The Kier molecular flexibility index (Phi) is 5.81. The molecule has 3 rings (SSSR count). The first-order valence-corrected chi connectivity index (χ1v) is 7.17. The number of aromatic nitrogens is 1. The molecule has 1 aromatic carbocycles. The quantitative estimate of drug-likeness (QED) is 0.637. The van der Waals surface area contributed by atoms with Crippen molar-refractivity contribution in [3.8, 4) is 22.8 Å². The molecule has 2 aromatic rings. The van der Waals surface area contributed by atoms with Crippen LogP contribution in [0, 0.1) is 6.07 Å². The molecule has 1 aromatic heterocycles. The van der Waals surface area contributed by atoms with E-state index in [1.165, 1.54) is 18.5 Å². The molecule has 4 nitrogen and oxygen atoms in total. The monoisotopic (exact) mass is 476 g/mol. The molecule has 0 N–H and O–H groups in total. The summed E-state index contributed by atoms with van der Waals surface area (Å²) in [5, 5.41) is 0. The molecule has 5 heteroatoms. The number of hydrogen-bond donors (Lipinski definition) is 0. The fraction of sp³-hybridized carbons (Fsp3) is 0.353. The molecule has 0 saturated carbocycles. The first-order chi connectivity index (χ1) is 10.3. The summed E-state index contributed by atoms with van der Waals surface area (Å²) in [5.41, 5.74) is 2.95. The van der Waals surface area contributed by atoms with Crippen molar-refractivity contribution in [3.63, 3.8) is 0 Å². The molecule has 0 aliphatic carbocycles. The van der Waals surface area contributed by atoms with Crippen LogP contribution in [0.5, 0.6) is 11.5 Å². The van der Waals surface area contributed by atoms with Crippen molar-refractivity contribution in [2.24, 2.45) is 0 Å². The minimum absolute atomic E-state index is 0. The smallest absolute Gasteiger partial charge is 0.0647 e. The van der Waals surface area contributed by atoms with Gasteiger partial charge in [-0.2, -0.15) is 0 Å². The maximum absolute atomic E-state index is 5.44. The Morgan fingerprint density at radius 3 is 2.59 bits per heavy atom. The zero-order chi connectivity index (χ0) is 14.7. The van der Waals surface area contributed by atoms with Crippen LogP contribution in [0.25, 0.3) is 11.3 Å². The SMILES string of the molecule is COc1c[c-]c(-c2cc(N3CCCC3)ccn2)c(OC)c1.[Ir]. The number of nitrogens with zero attached hydrogens (tertiary/aromatic N) is 2. The van der Waals surface area contributed by atoms with E-state index >= 15 is 0 Å². The summed E-state index contributed by atoms with van der Waals surface area (Å²) < 4.78 is 10.7. The van der Waals surface area contributed by atoms with Crippen LogP contribution in [0.1, 0.15) is 12.8 Å². The van der Waals surface area contributed by atoms with Gasteiger partial charge in [0.25, 0.3) is 0 Å². The van der Waals surface area contributed by atoms with Crippen LogP contribution >= 0.6 is 0 Å². The second-order valence-corrected chi connectivity index (χ2v) is 5.08. The Morgan fingerprint density at radius 2 is 1.91 bits per heavy atom. The molecule has 1 radical (unpaired) electrons. The number of pyridine rings is 1. The number of anilines is 1. The molecule has 1 fully saturated rings. The number of ether oxygens (including phenoxy) is 2. The summed E-state index contributed by atoms with van der Waals surface area (Å²) in [6.07, 6.45) is 4.37. The summed E-state index contributed by atoms with van der Waals surface area (Å²) >= 11 is 0. The fourth-order valence-corrected chi connectivity index (χ4v) is 2.66. The van der Waals surface area contributed by atoms with Gasteiger partial charge in [0, 0.05) is 56.6 Å². The molecule has 22 heavy (non-hydrogen) atoms. The van der Waals surface area contributed by atoms with Crippen LogP contribution < -0.4 is 14.4 Å². The third-order valence-electron chi connectivity index (χ3n) is 3.81. The number of hydrogen-bond acceptors (Lipinski definition) is 4. The van der Waals surface area contributed by atoms with E-state index in [0.717, 1.165) is 35.8 Å². The topological polar surface area (TPSA) is 34.6 Å². The first-order valence-electron chi connectivity index (χ1n) is 7.17. The van der Waals surface area contributed by atoms with E-state index in [1.54, 1.807) is 14.2 Å². The van der Waals surface area contributed by atoms with Gasteiger partial charge in [-0.05, 0) is 24.6 Å². The van der Waals surface area contributed by atoms with Gasteiger partial charge in [-0.15, -0.1) is 12.1 Å². The Bertz CT molecular complexity index is 628. The van der Waals surface area contributed by atoms with Gasteiger partial charge in [-0.3, -0.25) is 0 Å². The standard InChI is InChI=1S/C17H19N2O2.Ir/c1-20-14-5-6-15(17(12-14)21-2)16-11-13(7-8-18-16)19-9-3-4-10-19;/h5,7-8,11-12H,3-4,9-10H2,1-2H3;/q-1;. The Hall–Kier alpha value is -1.58. The molecule has 1 saturated heterocycles. The average Bonchev–Trinajstić information content (AvgIpc) is 3.09. The van der Waals surface area contributed by atoms with Gasteiger partial charge < -0.3 is 19.4 Å². The van der Waals surface area contributed by atoms with E-state index in [-0.39, 0.29) is 20.1 Å². The second-order valence-electron chi connectivity index (χ2n) is 5.08. The van der Waals surface area contributed by atoms with Gasteiger partial charge in [0.2, 0.25) is 0 Å². The molecule has 0 amide bonds. The van der Waals surface area contributed by atoms with E-state index in [4.69, 9.17) is 9.47 Å². The van der Waals surface area contributed by atoms with Gasteiger partial charge in [0.15, 0.2) is 0 Å². The van der Waals surface area contributed by atoms with E-state index in [0.29, 0.717) is 0 Å². The maximum atomic E-state index is 5.44. The summed E-state index contributed by atoms with van der Waals surface area (Å²) in [4.78, 5) is 6.86. The fourth-order valence-electron chi connectivity index (χ4n) is 2.66. The van der Waals surface area contributed by atoms with Crippen molar-refractivity contribution in [2.45, 2.75) is 12.8 Å². The van der Waals surface area contributed by atoms with Crippen molar-refractivity contribution < 1.29 is 29.6 Å². The molecule has 0 unspecified atom stereocenters. The normalized spacial score (nSPS) is 13.6. The van der Waals surface area contributed by atoms with Gasteiger partial charge in [-0.1, -0.05) is 17.7 Å². The third-order valence-corrected chi connectivity index (χ3v) is 3.81. The Morgan fingerprint density at radius 1 is 1.14 bits per heavy atom. The molecular weight excluding hydrogens is 456 g/mol. The van der Waals surface area contributed by atoms with E-state index in [9.17, 15) is 0 Å². The second kappa shape index (κ2) is 7.61. The van der Waals surface area contributed by atoms with Gasteiger partial charge in [-0.25, -0.2) is 0 Å².